The summed E-state index contributed by atoms with van der Waals surface area (Å²) in [5.74, 6) is 0.532. The largest absolute Gasteiger partial charge is 0.337 e. The number of nitriles is 1. The fourth-order valence-electron chi connectivity index (χ4n) is 2.34. The van der Waals surface area contributed by atoms with Crippen LogP contribution < -0.4 is 5.32 Å². The van der Waals surface area contributed by atoms with E-state index in [1.807, 2.05) is 49.6 Å². The third-order valence-electron chi connectivity index (χ3n) is 4.56. The summed E-state index contributed by atoms with van der Waals surface area (Å²) in [6.45, 7) is 10.0. The summed E-state index contributed by atoms with van der Waals surface area (Å²) < 4.78 is 1.96. The Bertz CT molecular complexity index is 843. The van der Waals surface area contributed by atoms with Gasteiger partial charge >= 0.3 is 0 Å². The minimum atomic E-state index is -0.904. The summed E-state index contributed by atoms with van der Waals surface area (Å²) in [6, 6.07) is 9.60. The average molecular weight is 406 g/mol. The number of amides is 1. The minimum absolute atomic E-state index is 0.000507. The standard InChI is InChI=1S/C19H24ClN5OS/c1-6-25-16(14-7-9-15(20)10-8-14)23-24-18(25)27-13(4)17(26)22-19(5,11-21)12(2)3/h7-10,12-13H,6H2,1-5H3,(H,22,26)/t13-,19+/m0/s1. The first-order valence-electron chi connectivity index (χ1n) is 8.81. The number of aromatic nitrogens is 3. The van der Waals surface area contributed by atoms with E-state index >= 15 is 0 Å². The molecule has 2 aromatic rings. The topological polar surface area (TPSA) is 83.6 Å². The Kier molecular flexibility index (Phi) is 6.90. The summed E-state index contributed by atoms with van der Waals surface area (Å²) >= 11 is 7.28. The highest BCUT2D eigenvalue weighted by Crippen LogP contribution is 2.28. The summed E-state index contributed by atoms with van der Waals surface area (Å²) in [5.41, 5.74) is 0.00767. The summed E-state index contributed by atoms with van der Waals surface area (Å²) in [7, 11) is 0. The molecule has 8 heteroatoms. The molecule has 0 fully saturated rings. The number of rotatable bonds is 7. The number of benzene rings is 1. The normalized spacial score (nSPS) is 14.4. The van der Waals surface area contributed by atoms with Gasteiger partial charge in [0.1, 0.15) is 5.54 Å². The second kappa shape index (κ2) is 8.77. The van der Waals surface area contributed by atoms with Gasteiger partial charge in [-0.3, -0.25) is 4.79 Å². The molecule has 144 valence electrons. The third-order valence-corrected chi connectivity index (χ3v) is 5.89. The van der Waals surface area contributed by atoms with E-state index in [1.165, 1.54) is 11.8 Å². The van der Waals surface area contributed by atoms with Crippen LogP contribution in [-0.2, 0) is 11.3 Å². The first-order valence-corrected chi connectivity index (χ1v) is 10.1. The number of hydrogen-bond donors (Lipinski definition) is 1. The number of carbonyl (C=O) groups is 1. The second-order valence-corrected chi connectivity index (χ2v) is 8.52. The lowest BCUT2D eigenvalue weighted by atomic mass is 9.90. The molecule has 0 aliphatic rings. The monoisotopic (exact) mass is 405 g/mol. The van der Waals surface area contributed by atoms with E-state index in [0.717, 1.165) is 11.4 Å². The second-order valence-electron chi connectivity index (χ2n) is 6.78. The zero-order chi connectivity index (χ0) is 20.2. The van der Waals surface area contributed by atoms with Crippen LogP contribution in [0.5, 0.6) is 0 Å². The van der Waals surface area contributed by atoms with Crippen LogP contribution in [-0.4, -0.2) is 31.5 Å². The molecule has 1 amide bonds. The molecule has 0 aliphatic heterocycles. The molecule has 1 heterocycles. The highest BCUT2D eigenvalue weighted by molar-refractivity contribution is 8.00. The van der Waals surface area contributed by atoms with Crippen molar-refractivity contribution in [3.8, 4) is 17.5 Å². The Balaban J connectivity index is 2.19. The van der Waals surface area contributed by atoms with E-state index in [1.54, 1.807) is 13.8 Å². The average Bonchev–Trinajstić information content (AvgIpc) is 3.04. The molecule has 0 unspecified atom stereocenters. The van der Waals surface area contributed by atoms with Crippen LogP contribution in [0.15, 0.2) is 29.4 Å². The lowest BCUT2D eigenvalue weighted by Gasteiger charge is -2.28. The Morgan fingerprint density at radius 1 is 1.33 bits per heavy atom. The van der Waals surface area contributed by atoms with Gasteiger partial charge in [-0.05, 0) is 51.0 Å². The van der Waals surface area contributed by atoms with Crippen LogP contribution in [0.25, 0.3) is 11.4 Å². The molecule has 0 saturated carbocycles. The summed E-state index contributed by atoms with van der Waals surface area (Å²) in [4.78, 5) is 12.6. The maximum Gasteiger partial charge on any atom is 0.234 e. The number of hydrogen-bond acceptors (Lipinski definition) is 5. The minimum Gasteiger partial charge on any atom is -0.337 e. The predicted molar refractivity (Wildman–Crippen MR) is 108 cm³/mol. The zero-order valence-electron chi connectivity index (χ0n) is 16.2. The van der Waals surface area contributed by atoms with Gasteiger partial charge in [-0.15, -0.1) is 10.2 Å². The molecule has 2 rings (SSSR count). The molecule has 0 aliphatic carbocycles. The lowest BCUT2D eigenvalue weighted by molar-refractivity contribution is -0.121. The van der Waals surface area contributed by atoms with E-state index in [9.17, 15) is 10.1 Å². The van der Waals surface area contributed by atoms with Gasteiger partial charge in [0.25, 0.3) is 0 Å². The molecule has 1 aromatic carbocycles. The Morgan fingerprint density at radius 2 is 1.96 bits per heavy atom. The number of nitrogens with zero attached hydrogens (tertiary/aromatic N) is 4. The van der Waals surface area contributed by atoms with Crippen molar-refractivity contribution in [3.63, 3.8) is 0 Å². The van der Waals surface area contributed by atoms with Gasteiger partial charge in [-0.1, -0.05) is 37.2 Å². The van der Waals surface area contributed by atoms with Crippen LogP contribution >= 0.6 is 23.4 Å². The fraction of sp³-hybridized carbons (Fsp3) is 0.474. The van der Waals surface area contributed by atoms with Crippen molar-refractivity contribution < 1.29 is 4.79 Å². The highest BCUT2D eigenvalue weighted by Gasteiger charge is 2.32. The molecule has 1 aromatic heterocycles. The first-order chi connectivity index (χ1) is 12.7. The Morgan fingerprint density at radius 3 is 2.48 bits per heavy atom. The highest BCUT2D eigenvalue weighted by atomic mass is 35.5. The third kappa shape index (κ3) is 4.82. The van der Waals surface area contributed by atoms with E-state index < -0.39 is 10.8 Å². The number of nitrogens with one attached hydrogen (secondary N) is 1. The quantitative estimate of drug-likeness (QED) is 0.699. The fourth-order valence-corrected chi connectivity index (χ4v) is 3.38. The van der Waals surface area contributed by atoms with Crippen molar-refractivity contribution in [1.29, 1.82) is 5.26 Å². The number of carbonyl (C=O) groups excluding carboxylic acids is 1. The van der Waals surface area contributed by atoms with Gasteiger partial charge in [0.2, 0.25) is 5.91 Å². The smallest absolute Gasteiger partial charge is 0.234 e. The van der Waals surface area contributed by atoms with Gasteiger partial charge in [0.15, 0.2) is 11.0 Å². The molecule has 1 N–H and O–H groups in total. The van der Waals surface area contributed by atoms with E-state index in [0.29, 0.717) is 16.7 Å². The molecule has 0 radical (unpaired) electrons. The van der Waals surface area contributed by atoms with Crippen molar-refractivity contribution in [2.45, 2.75) is 57.1 Å². The van der Waals surface area contributed by atoms with E-state index in [4.69, 9.17) is 11.6 Å². The summed E-state index contributed by atoms with van der Waals surface area (Å²) in [5, 5.41) is 21.7. The Hall–Kier alpha value is -2.04. The van der Waals surface area contributed by atoms with Crippen LogP contribution in [0.1, 0.15) is 34.6 Å². The molecule has 0 bridgehead atoms. The maximum atomic E-state index is 12.6. The van der Waals surface area contributed by atoms with Gasteiger partial charge in [0, 0.05) is 17.1 Å². The van der Waals surface area contributed by atoms with Crippen molar-refractivity contribution in [2.75, 3.05) is 0 Å². The maximum absolute atomic E-state index is 12.6. The molecule has 0 spiro atoms. The van der Waals surface area contributed by atoms with E-state index in [2.05, 4.69) is 21.6 Å². The van der Waals surface area contributed by atoms with Crippen molar-refractivity contribution >= 4 is 29.3 Å². The van der Waals surface area contributed by atoms with Crippen LogP contribution in [0.2, 0.25) is 5.02 Å². The SMILES string of the molecule is CCn1c(S[C@@H](C)C(=O)N[C@](C)(C#N)C(C)C)nnc1-c1ccc(Cl)cc1. The van der Waals surface area contributed by atoms with Crippen LogP contribution in [0.3, 0.4) is 0 Å². The number of thioether (sulfide) groups is 1. The van der Waals surface area contributed by atoms with Crippen molar-refractivity contribution in [2.24, 2.45) is 5.92 Å². The van der Waals surface area contributed by atoms with Gasteiger partial charge in [0.05, 0.1) is 11.3 Å². The van der Waals surface area contributed by atoms with Gasteiger partial charge < -0.3 is 9.88 Å². The molecule has 6 nitrogen and oxygen atoms in total. The van der Waals surface area contributed by atoms with Crippen molar-refractivity contribution in [3.05, 3.63) is 29.3 Å². The van der Waals surface area contributed by atoms with Gasteiger partial charge in [-0.25, -0.2) is 0 Å². The predicted octanol–water partition coefficient (Wildman–Crippen LogP) is 4.15. The lowest BCUT2D eigenvalue weighted by Crippen LogP contribution is -2.51. The van der Waals surface area contributed by atoms with Crippen LogP contribution in [0.4, 0.5) is 0 Å². The van der Waals surface area contributed by atoms with Crippen molar-refractivity contribution in [1.82, 2.24) is 20.1 Å². The van der Waals surface area contributed by atoms with Gasteiger partial charge in [-0.2, -0.15) is 5.26 Å². The first kappa shape index (κ1) is 21.3. The van der Waals surface area contributed by atoms with E-state index in [-0.39, 0.29) is 11.8 Å². The Labute approximate surface area is 169 Å². The zero-order valence-corrected chi connectivity index (χ0v) is 17.7. The molecule has 2 atom stereocenters. The molecular weight excluding hydrogens is 382 g/mol. The summed E-state index contributed by atoms with van der Waals surface area (Å²) in [6.07, 6.45) is 0. The van der Waals surface area contributed by atoms with Crippen LogP contribution in [0, 0.1) is 17.2 Å². The molecule has 0 saturated heterocycles. The number of halogens is 1. The molecule has 27 heavy (non-hydrogen) atoms. The molecular formula is C19H24ClN5OS.